The number of amides is 2. The minimum Gasteiger partial charge on any atom is -0.352 e. The molecule has 118 valence electrons. The molecule has 5 nitrogen and oxygen atoms in total. The van der Waals surface area contributed by atoms with Gasteiger partial charge in [0.25, 0.3) is 0 Å². The van der Waals surface area contributed by atoms with Gasteiger partial charge < -0.3 is 10.2 Å². The Morgan fingerprint density at radius 3 is 2.70 bits per heavy atom. The summed E-state index contributed by atoms with van der Waals surface area (Å²) in [6.07, 6.45) is 3.80. The fraction of sp³-hybridized carbons (Fsp3) is 0.278. The fourth-order valence-corrected chi connectivity index (χ4v) is 2.97. The second-order valence-corrected chi connectivity index (χ2v) is 5.72. The highest BCUT2D eigenvalue weighted by molar-refractivity contribution is 5.94. The Balaban J connectivity index is 1.64. The number of hydrogen-bond donors (Lipinski definition) is 1. The molecule has 1 unspecified atom stereocenters. The van der Waals surface area contributed by atoms with Gasteiger partial charge in [0.2, 0.25) is 11.8 Å². The van der Waals surface area contributed by atoms with Crippen LogP contribution in [0.2, 0.25) is 0 Å². The van der Waals surface area contributed by atoms with Crippen molar-refractivity contribution in [2.45, 2.75) is 25.8 Å². The van der Waals surface area contributed by atoms with Crippen LogP contribution in [0, 0.1) is 0 Å². The number of para-hydroxylation sites is 1. The molecule has 5 heteroatoms. The fourth-order valence-electron chi connectivity index (χ4n) is 2.97. The number of pyridine rings is 1. The van der Waals surface area contributed by atoms with E-state index in [1.807, 2.05) is 36.4 Å². The standard InChI is InChI=1S/C18H19N3O2/c1-13(22)21-12-15(16-4-2-3-5-17(16)21)10-18(23)20-11-14-6-8-19-9-7-14/h2-9,15H,10-12H2,1H3,(H,20,23). The third-order valence-electron chi connectivity index (χ3n) is 4.12. The Hall–Kier alpha value is -2.69. The number of benzene rings is 1. The van der Waals surface area contributed by atoms with Crippen LogP contribution in [0.15, 0.2) is 48.8 Å². The zero-order valence-electron chi connectivity index (χ0n) is 13.0. The van der Waals surface area contributed by atoms with Crippen molar-refractivity contribution < 1.29 is 9.59 Å². The molecule has 1 aliphatic heterocycles. The van der Waals surface area contributed by atoms with Crippen molar-refractivity contribution in [3.63, 3.8) is 0 Å². The zero-order valence-corrected chi connectivity index (χ0v) is 13.0. The number of carbonyl (C=O) groups excluding carboxylic acids is 2. The van der Waals surface area contributed by atoms with Crippen molar-refractivity contribution in [2.75, 3.05) is 11.4 Å². The van der Waals surface area contributed by atoms with E-state index in [4.69, 9.17) is 0 Å². The van der Waals surface area contributed by atoms with Crippen LogP contribution in [0.1, 0.15) is 30.4 Å². The van der Waals surface area contributed by atoms with Crippen molar-refractivity contribution in [2.24, 2.45) is 0 Å². The maximum atomic E-state index is 12.2. The molecule has 0 aliphatic carbocycles. The third kappa shape index (κ3) is 3.39. The minimum atomic E-state index is -0.00739. The van der Waals surface area contributed by atoms with E-state index in [0.29, 0.717) is 19.5 Å². The summed E-state index contributed by atoms with van der Waals surface area (Å²) in [7, 11) is 0. The van der Waals surface area contributed by atoms with Crippen LogP contribution in [-0.2, 0) is 16.1 Å². The predicted octanol–water partition coefficient (Wildman–Crippen LogP) is 2.24. The van der Waals surface area contributed by atoms with Crippen molar-refractivity contribution in [3.8, 4) is 0 Å². The molecule has 23 heavy (non-hydrogen) atoms. The number of carbonyl (C=O) groups is 2. The summed E-state index contributed by atoms with van der Waals surface area (Å²) < 4.78 is 0. The Morgan fingerprint density at radius 1 is 1.22 bits per heavy atom. The van der Waals surface area contributed by atoms with Gasteiger partial charge in [0.05, 0.1) is 0 Å². The van der Waals surface area contributed by atoms with Crippen LogP contribution in [0.25, 0.3) is 0 Å². The van der Waals surface area contributed by atoms with Gasteiger partial charge in [-0.05, 0) is 29.3 Å². The summed E-state index contributed by atoms with van der Waals surface area (Å²) in [5.74, 6) is 0.0525. The molecule has 1 atom stereocenters. The molecule has 2 amide bonds. The quantitative estimate of drug-likeness (QED) is 0.942. The molecule has 1 aromatic carbocycles. The molecule has 1 N–H and O–H groups in total. The van der Waals surface area contributed by atoms with E-state index < -0.39 is 0 Å². The lowest BCUT2D eigenvalue weighted by Crippen LogP contribution is -2.29. The molecule has 0 saturated carbocycles. The van der Waals surface area contributed by atoms with Crippen LogP contribution in [-0.4, -0.2) is 23.3 Å². The molecule has 1 aliphatic rings. The van der Waals surface area contributed by atoms with Gasteiger partial charge >= 0.3 is 0 Å². The maximum Gasteiger partial charge on any atom is 0.223 e. The van der Waals surface area contributed by atoms with E-state index in [1.165, 1.54) is 0 Å². The Labute approximate surface area is 135 Å². The summed E-state index contributed by atoms with van der Waals surface area (Å²) >= 11 is 0. The lowest BCUT2D eigenvalue weighted by Gasteiger charge is -2.15. The minimum absolute atomic E-state index is 0.00739. The summed E-state index contributed by atoms with van der Waals surface area (Å²) in [6.45, 7) is 2.62. The van der Waals surface area contributed by atoms with Crippen molar-refractivity contribution in [3.05, 3.63) is 59.9 Å². The molecular weight excluding hydrogens is 290 g/mol. The van der Waals surface area contributed by atoms with Gasteiger partial charge in [0, 0.05) is 50.4 Å². The van der Waals surface area contributed by atoms with E-state index in [1.54, 1.807) is 24.2 Å². The number of anilines is 1. The summed E-state index contributed by atoms with van der Waals surface area (Å²) in [5.41, 5.74) is 3.01. The van der Waals surface area contributed by atoms with Crippen molar-refractivity contribution >= 4 is 17.5 Å². The number of nitrogens with one attached hydrogen (secondary N) is 1. The number of hydrogen-bond acceptors (Lipinski definition) is 3. The first kappa shape index (κ1) is 15.2. The summed E-state index contributed by atoms with van der Waals surface area (Å²) in [6, 6.07) is 11.6. The monoisotopic (exact) mass is 309 g/mol. The summed E-state index contributed by atoms with van der Waals surface area (Å²) in [4.78, 5) is 29.7. The van der Waals surface area contributed by atoms with Crippen molar-refractivity contribution in [1.82, 2.24) is 10.3 Å². The Bertz CT molecular complexity index is 715. The van der Waals surface area contributed by atoms with Crippen LogP contribution in [0.5, 0.6) is 0 Å². The third-order valence-corrected chi connectivity index (χ3v) is 4.12. The highest BCUT2D eigenvalue weighted by Crippen LogP contribution is 2.37. The van der Waals surface area contributed by atoms with E-state index in [0.717, 1.165) is 16.8 Å². The van der Waals surface area contributed by atoms with Gasteiger partial charge in [-0.2, -0.15) is 0 Å². The van der Waals surface area contributed by atoms with Crippen LogP contribution >= 0.6 is 0 Å². The van der Waals surface area contributed by atoms with E-state index in [2.05, 4.69) is 10.3 Å². The molecule has 0 bridgehead atoms. The van der Waals surface area contributed by atoms with Crippen LogP contribution in [0.4, 0.5) is 5.69 Å². The highest BCUT2D eigenvalue weighted by atomic mass is 16.2. The molecule has 0 spiro atoms. The maximum absolute atomic E-state index is 12.2. The predicted molar refractivity (Wildman–Crippen MR) is 87.9 cm³/mol. The molecular formula is C18H19N3O2. The SMILES string of the molecule is CC(=O)N1CC(CC(=O)NCc2ccncc2)c2ccccc21. The highest BCUT2D eigenvalue weighted by Gasteiger charge is 2.31. The largest absolute Gasteiger partial charge is 0.352 e. The molecule has 0 saturated heterocycles. The molecule has 1 aromatic heterocycles. The second-order valence-electron chi connectivity index (χ2n) is 5.72. The van der Waals surface area contributed by atoms with E-state index in [-0.39, 0.29) is 17.7 Å². The number of nitrogens with zero attached hydrogens (tertiary/aromatic N) is 2. The van der Waals surface area contributed by atoms with Gasteiger partial charge in [-0.1, -0.05) is 18.2 Å². The molecule has 0 fully saturated rings. The normalized spacial score (nSPS) is 16.0. The molecule has 0 radical (unpaired) electrons. The van der Waals surface area contributed by atoms with Gasteiger partial charge in [0.1, 0.15) is 0 Å². The lowest BCUT2D eigenvalue weighted by molar-refractivity contribution is -0.122. The molecule has 3 rings (SSSR count). The first-order valence-electron chi connectivity index (χ1n) is 7.68. The number of rotatable bonds is 4. The van der Waals surface area contributed by atoms with Crippen molar-refractivity contribution in [1.29, 1.82) is 0 Å². The molecule has 2 heterocycles. The zero-order chi connectivity index (χ0) is 16.2. The van der Waals surface area contributed by atoms with Gasteiger partial charge in [-0.15, -0.1) is 0 Å². The van der Waals surface area contributed by atoms with Gasteiger partial charge in [-0.3, -0.25) is 14.6 Å². The first-order chi connectivity index (χ1) is 11.1. The average molecular weight is 309 g/mol. The Kier molecular flexibility index (Phi) is 4.37. The van der Waals surface area contributed by atoms with Crippen LogP contribution < -0.4 is 10.2 Å². The van der Waals surface area contributed by atoms with Gasteiger partial charge in [-0.25, -0.2) is 0 Å². The smallest absolute Gasteiger partial charge is 0.223 e. The second kappa shape index (κ2) is 6.60. The number of aromatic nitrogens is 1. The van der Waals surface area contributed by atoms with E-state index >= 15 is 0 Å². The molecule has 2 aromatic rings. The number of fused-ring (bicyclic) bond motifs is 1. The average Bonchev–Trinajstić information content (AvgIpc) is 2.93. The Morgan fingerprint density at radius 2 is 1.96 bits per heavy atom. The first-order valence-corrected chi connectivity index (χ1v) is 7.68. The van der Waals surface area contributed by atoms with E-state index in [9.17, 15) is 9.59 Å². The topological polar surface area (TPSA) is 62.3 Å². The van der Waals surface area contributed by atoms with Gasteiger partial charge in [0.15, 0.2) is 0 Å². The lowest BCUT2D eigenvalue weighted by atomic mass is 9.97. The summed E-state index contributed by atoms with van der Waals surface area (Å²) in [5, 5.41) is 2.93. The van der Waals surface area contributed by atoms with Crippen LogP contribution in [0.3, 0.4) is 0 Å².